The lowest BCUT2D eigenvalue weighted by Crippen LogP contribution is -2.30. The van der Waals surface area contributed by atoms with Crippen LogP contribution in [0.15, 0.2) is 18.2 Å². The van der Waals surface area contributed by atoms with Crippen LogP contribution in [0.1, 0.15) is 36.9 Å². The second kappa shape index (κ2) is 6.73. The number of rotatable bonds is 6. The smallest absolute Gasteiger partial charge is 0.127 e. The Morgan fingerprint density at radius 3 is 3.17 bits per heavy atom. The van der Waals surface area contributed by atoms with Gasteiger partial charge in [-0.25, -0.2) is 0 Å². The molecule has 1 aliphatic heterocycles. The Morgan fingerprint density at radius 1 is 1.50 bits per heavy atom. The molecule has 4 heteroatoms. The van der Waals surface area contributed by atoms with Crippen molar-refractivity contribution in [2.24, 2.45) is 5.84 Å². The molecule has 2 rings (SSSR count). The Kier molecular flexibility index (Phi) is 4.99. The fraction of sp³-hybridized carbons (Fsp3) is 0.571. The number of benzene rings is 1. The van der Waals surface area contributed by atoms with Crippen LogP contribution >= 0.6 is 0 Å². The fourth-order valence-electron chi connectivity index (χ4n) is 2.36. The van der Waals surface area contributed by atoms with Gasteiger partial charge >= 0.3 is 0 Å². The summed E-state index contributed by atoms with van der Waals surface area (Å²) in [5.41, 5.74) is 5.30. The van der Waals surface area contributed by atoms with E-state index in [9.17, 15) is 0 Å². The summed E-state index contributed by atoms with van der Waals surface area (Å²) in [6.45, 7) is 4.24. The monoisotopic (exact) mass is 250 g/mol. The minimum absolute atomic E-state index is 0.0876. The van der Waals surface area contributed by atoms with Crippen molar-refractivity contribution >= 4 is 0 Å². The quantitative estimate of drug-likeness (QED) is 0.460. The Balaban J connectivity index is 2.14. The van der Waals surface area contributed by atoms with Gasteiger partial charge in [0.05, 0.1) is 12.6 Å². The first-order valence-electron chi connectivity index (χ1n) is 6.65. The molecule has 1 aliphatic rings. The number of hydrogen-bond acceptors (Lipinski definition) is 4. The van der Waals surface area contributed by atoms with Crippen LogP contribution in [0, 0.1) is 0 Å². The molecule has 0 saturated carbocycles. The van der Waals surface area contributed by atoms with Crippen molar-refractivity contribution < 1.29 is 9.47 Å². The standard InChI is InChI=1S/C14H22N2O2/c1-2-17-10-8-13(16-15)12-7-3-5-11-6-4-9-18-14(11)12/h3,5,7,13,16H,2,4,6,8-10,15H2,1H3. The van der Waals surface area contributed by atoms with Gasteiger partial charge in [0.1, 0.15) is 5.75 Å². The summed E-state index contributed by atoms with van der Waals surface area (Å²) < 4.78 is 11.2. The average Bonchev–Trinajstić information content (AvgIpc) is 2.43. The van der Waals surface area contributed by atoms with Crippen molar-refractivity contribution in [1.82, 2.24) is 5.43 Å². The van der Waals surface area contributed by atoms with Gasteiger partial charge in [0.2, 0.25) is 0 Å². The zero-order chi connectivity index (χ0) is 12.8. The maximum Gasteiger partial charge on any atom is 0.127 e. The van der Waals surface area contributed by atoms with E-state index in [1.54, 1.807) is 0 Å². The van der Waals surface area contributed by atoms with Crippen molar-refractivity contribution in [3.8, 4) is 5.75 Å². The van der Waals surface area contributed by atoms with E-state index in [4.69, 9.17) is 15.3 Å². The molecule has 0 radical (unpaired) electrons. The predicted octanol–water partition coefficient (Wildman–Crippen LogP) is 1.94. The average molecular weight is 250 g/mol. The molecule has 0 fully saturated rings. The number of fused-ring (bicyclic) bond motifs is 1. The Bertz CT molecular complexity index is 382. The highest BCUT2D eigenvalue weighted by atomic mass is 16.5. The SMILES string of the molecule is CCOCCC(NN)c1cccc2c1OCCC2. The van der Waals surface area contributed by atoms with Gasteiger partial charge in [-0.2, -0.15) is 0 Å². The van der Waals surface area contributed by atoms with Gasteiger partial charge < -0.3 is 9.47 Å². The fourth-order valence-corrected chi connectivity index (χ4v) is 2.36. The molecular weight excluding hydrogens is 228 g/mol. The predicted molar refractivity (Wildman–Crippen MR) is 71.4 cm³/mol. The molecule has 18 heavy (non-hydrogen) atoms. The number of ether oxygens (including phenoxy) is 2. The molecule has 0 aromatic heterocycles. The molecule has 4 nitrogen and oxygen atoms in total. The van der Waals surface area contributed by atoms with Crippen LogP contribution in [0.25, 0.3) is 0 Å². The molecule has 0 spiro atoms. The molecule has 1 aromatic rings. The highest BCUT2D eigenvalue weighted by molar-refractivity contribution is 5.44. The maximum atomic E-state index is 5.81. The molecule has 1 atom stereocenters. The van der Waals surface area contributed by atoms with Crippen LogP contribution in [0.3, 0.4) is 0 Å². The summed E-state index contributed by atoms with van der Waals surface area (Å²) in [7, 11) is 0. The Labute approximate surface area is 108 Å². The molecule has 0 saturated heterocycles. The first-order chi connectivity index (χ1) is 8.86. The van der Waals surface area contributed by atoms with Gasteiger partial charge in [-0.15, -0.1) is 0 Å². The summed E-state index contributed by atoms with van der Waals surface area (Å²) in [5.74, 6) is 6.68. The van der Waals surface area contributed by atoms with E-state index in [2.05, 4.69) is 23.6 Å². The second-order valence-electron chi connectivity index (χ2n) is 4.49. The molecule has 0 aliphatic carbocycles. The highest BCUT2D eigenvalue weighted by Gasteiger charge is 2.19. The van der Waals surface area contributed by atoms with E-state index in [-0.39, 0.29) is 6.04 Å². The molecule has 0 bridgehead atoms. The first-order valence-corrected chi connectivity index (χ1v) is 6.65. The summed E-state index contributed by atoms with van der Waals surface area (Å²) in [5, 5.41) is 0. The molecule has 1 aromatic carbocycles. The summed E-state index contributed by atoms with van der Waals surface area (Å²) in [6, 6.07) is 6.38. The van der Waals surface area contributed by atoms with Crippen LogP contribution in [-0.4, -0.2) is 19.8 Å². The highest BCUT2D eigenvalue weighted by Crippen LogP contribution is 2.33. The van der Waals surface area contributed by atoms with Crippen molar-refractivity contribution in [3.63, 3.8) is 0 Å². The minimum Gasteiger partial charge on any atom is -0.493 e. The van der Waals surface area contributed by atoms with Gasteiger partial charge in [-0.3, -0.25) is 11.3 Å². The number of nitrogens with two attached hydrogens (primary N) is 1. The van der Waals surface area contributed by atoms with Crippen LogP contribution in [0.2, 0.25) is 0 Å². The van der Waals surface area contributed by atoms with Crippen LogP contribution in [0.5, 0.6) is 5.75 Å². The lowest BCUT2D eigenvalue weighted by molar-refractivity contribution is 0.136. The summed E-state index contributed by atoms with van der Waals surface area (Å²) in [4.78, 5) is 0. The number of aryl methyl sites for hydroxylation is 1. The molecule has 0 amide bonds. The van der Waals surface area contributed by atoms with Crippen LogP contribution in [-0.2, 0) is 11.2 Å². The molecule has 100 valence electrons. The lowest BCUT2D eigenvalue weighted by Gasteiger charge is -2.24. The number of nitrogens with one attached hydrogen (secondary N) is 1. The van der Waals surface area contributed by atoms with E-state index in [0.29, 0.717) is 6.61 Å². The zero-order valence-corrected chi connectivity index (χ0v) is 10.9. The van der Waals surface area contributed by atoms with E-state index in [0.717, 1.165) is 43.8 Å². The third kappa shape index (κ3) is 3.02. The van der Waals surface area contributed by atoms with Crippen molar-refractivity contribution in [2.75, 3.05) is 19.8 Å². The number of para-hydroxylation sites is 1. The Hall–Kier alpha value is -1.10. The lowest BCUT2D eigenvalue weighted by atomic mass is 9.97. The maximum absolute atomic E-state index is 5.81. The third-order valence-electron chi connectivity index (χ3n) is 3.30. The third-order valence-corrected chi connectivity index (χ3v) is 3.30. The largest absolute Gasteiger partial charge is 0.493 e. The molecule has 1 unspecified atom stereocenters. The van der Waals surface area contributed by atoms with Gasteiger partial charge in [0.25, 0.3) is 0 Å². The Morgan fingerprint density at radius 2 is 2.39 bits per heavy atom. The summed E-state index contributed by atoms with van der Waals surface area (Å²) >= 11 is 0. The van der Waals surface area contributed by atoms with Crippen molar-refractivity contribution in [2.45, 2.75) is 32.2 Å². The van der Waals surface area contributed by atoms with Crippen LogP contribution in [0.4, 0.5) is 0 Å². The summed E-state index contributed by atoms with van der Waals surface area (Å²) in [6.07, 6.45) is 3.03. The molecule has 3 N–H and O–H groups in total. The topological polar surface area (TPSA) is 56.5 Å². The first kappa shape index (κ1) is 13.3. The normalized spacial score (nSPS) is 15.9. The minimum atomic E-state index is 0.0876. The zero-order valence-electron chi connectivity index (χ0n) is 10.9. The van der Waals surface area contributed by atoms with Crippen molar-refractivity contribution in [3.05, 3.63) is 29.3 Å². The molecular formula is C14H22N2O2. The van der Waals surface area contributed by atoms with Crippen molar-refractivity contribution in [1.29, 1.82) is 0 Å². The van der Waals surface area contributed by atoms with E-state index in [1.807, 2.05) is 6.92 Å². The van der Waals surface area contributed by atoms with Gasteiger partial charge in [0.15, 0.2) is 0 Å². The van der Waals surface area contributed by atoms with Gasteiger partial charge in [-0.05, 0) is 31.7 Å². The van der Waals surface area contributed by atoms with E-state index >= 15 is 0 Å². The van der Waals surface area contributed by atoms with Gasteiger partial charge in [0, 0.05) is 18.8 Å². The van der Waals surface area contributed by atoms with E-state index < -0.39 is 0 Å². The van der Waals surface area contributed by atoms with Crippen LogP contribution < -0.4 is 16.0 Å². The van der Waals surface area contributed by atoms with E-state index in [1.165, 1.54) is 5.56 Å². The number of hydrogen-bond donors (Lipinski definition) is 2. The number of hydrazine groups is 1. The molecule has 1 heterocycles. The van der Waals surface area contributed by atoms with Gasteiger partial charge in [-0.1, -0.05) is 18.2 Å². The second-order valence-corrected chi connectivity index (χ2v) is 4.49.